The lowest BCUT2D eigenvalue weighted by molar-refractivity contribution is -0.126. The first-order chi connectivity index (χ1) is 8.29. The molecule has 2 N–H and O–H groups in total. The fourth-order valence-corrected chi connectivity index (χ4v) is 2.79. The molecule has 0 bridgehead atoms. The summed E-state index contributed by atoms with van der Waals surface area (Å²) in [5.74, 6) is 0.472. The molecule has 2 aliphatic heterocycles. The molecule has 0 radical (unpaired) electrons. The van der Waals surface area contributed by atoms with Crippen LogP contribution in [0.4, 0.5) is 0 Å². The van der Waals surface area contributed by atoms with Gasteiger partial charge in [-0.1, -0.05) is 6.92 Å². The lowest BCUT2D eigenvalue weighted by Gasteiger charge is -2.32. The van der Waals surface area contributed by atoms with Crippen molar-refractivity contribution in [3.8, 4) is 0 Å². The highest BCUT2D eigenvalue weighted by molar-refractivity contribution is 5.79. The van der Waals surface area contributed by atoms with Crippen molar-refractivity contribution in [2.45, 2.75) is 38.6 Å². The summed E-state index contributed by atoms with van der Waals surface area (Å²) in [5, 5.41) is 6.53. The number of carbonyl (C=O) groups excluding carboxylic acids is 1. The van der Waals surface area contributed by atoms with Crippen molar-refractivity contribution in [2.24, 2.45) is 5.92 Å². The van der Waals surface area contributed by atoms with Crippen LogP contribution in [-0.4, -0.2) is 49.6 Å². The molecule has 0 aromatic carbocycles. The highest BCUT2D eigenvalue weighted by Crippen LogP contribution is 2.13. The predicted molar refractivity (Wildman–Crippen MR) is 68.9 cm³/mol. The quantitative estimate of drug-likeness (QED) is 0.757. The summed E-state index contributed by atoms with van der Waals surface area (Å²) in [5.41, 5.74) is 0. The third kappa shape index (κ3) is 3.68. The molecule has 2 heterocycles. The van der Waals surface area contributed by atoms with E-state index in [0.717, 1.165) is 58.4 Å². The molecule has 0 aliphatic carbocycles. The standard InChI is InChI=1S/C13H25N3O/c1-2-16-8-5-12(6-9-16)15-13(17)11-4-3-7-14-10-11/h11-12,14H,2-10H2,1H3,(H,15,17)/t11-/m1/s1. The molecule has 0 aromatic rings. The zero-order valence-corrected chi connectivity index (χ0v) is 10.9. The van der Waals surface area contributed by atoms with E-state index in [9.17, 15) is 4.79 Å². The van der Waals surface area contributed by atoms with Crippen LogP contribution in [0.5, 0.6) is 0 Å². The third-order valence-electron chi connectivity index (χ3n) is 4.05. The van der Waals surface area contributed by atoms with E-state index in [0.29, 0.717) is 6.04 Å². The van der Waals surface area contributed by atoms with Gasteiger partial charge in [-0.05, 0) is 38.8 Å². The predicted octanol–water partition coefficient (Wildman–Crippen LogP) is 0.587. The van der Waals surface area contributed by atoms with E-state index >= 15 is 0 Å². The van der Waals surface area contributed by atoms with Gasteiger partial charge in [-0.25, -0.2) is 0 Å². The normalized spacial score (nSPS) is 27.9. The molecule has 17 heavy (non-hydrogen) atoms. The van der Waals surface area contributed by atoms with Crippen molar-refractivity contribution < 1.29 is 4.79 Å². The summed E-state index contributed by atoms with van der Waals surface area (Å²) < 4.78 is 0. The van der Waals surface area contributed by atoms with Crippen molar-refractivity contribution in [2.75, 3.05) is 32.7 Å². The molecule has 98 valence electrons. The fraction of sp³-hybridized carbons (Fsp3) is 0.923. The number of carbonyl (C=O) groups is 1. The van der Waals surface area contributed by atoms with E-state index in [1.165, 1.54) is 0 Å². The van der Waals surface area contributed by atoms with Gasteiger partial charge in [0.25, 0.3) is 0 Å². The second-order valence-corrected chi connectivity index (χ2v) is 5.26. The molecule has 2 aliphatic rings. The number of amides is 1. The van der Waals surface area contributed by atoms with Crippen LogP contribution in [0.1, 0.15) is 32.6 Å². The minimum atomic E-state index is 0.202. The summed E-state index contributed by atoms with van der Waals surface area (Å²) in [6, 6.07) is 0.409. The Labute approximate surface area is 104 Å². The van der Waals surface area contributed by atoms with Gasteiger partial charge < -0.3 is 15.5 Å². The van der Waals surface area contributed by atoms with Gasteiger partial charge >= 0.3 is 0 Å². The van der Waals surface area contributed by atoms with E-state index in [-0.39, 0.29) is 11.8 Å². The highest BCUT2D eigenvalue weighted by Gasteiger charge is 2.25. The van der Waals surface area contributed by atoms with E-state index < -0.39 is 0 Å². The Morgan fingerprint density at radius 3 is 2.71 bits per heavy atom. The first kappa shape index (κ1) is 12.8. The largest absolute Gasteiger partial charge is 0.353 e. The number of likely N-dealkylation sites (tertiary alicyclic amines) is 1. The summed E-state index contributed by atoms with van der Waals surface area (Å²) >= 11 is 0. The van der Waals surface area contributed by atoms with E-state index in [4.69, 9.17) is 0 Å². The maximum absolute atomic E-state index is 12.1. The molecule has 0 unspecified atom stereocenters. The van der Waals surface area contributed by atoms with Crippen LogP contribution in [0.2, 0.25) is 0 Å². The molecule has 0 aromatic heterocycles. The Balaban J connectivity index is 1.71. The van der Waals surface area contributed by atoms with E-state index in [2.05, 4.69) is 22.5 Å². The van der Waals surface area contributed by atoms with Crippen molar-refractivity contribution in [1.82, 2.24) is 15.5 Å². The van der Waals surface area contributed by atoms with Crippen LogP contribution in [0.25, 0.3) is 0 Å². The molecular weight excluding hydrogens is 214 g/mol. The molecule has 0 saturated carbocycles. The van der Waals surface area contributed by atoms with Gasteiger partial charge in [0.2, 0.25) is 5.91 Å². The molecule has 4 heteroatoms. The van der Waals surface area contributed by atoms with Gasteiger partial charge in [-0.15, -0.1) is 0 Å². The maximum atomic E-state index is 12.1. The van der Waals surface area contributed by atoms with Crippen LogP contribution < -0.4 is 10.6 Å². The highest BCUT2D eigenvalue weighted by atomic mass is 16.2. The van der Waals surface area contributed by atoms with Gasteiger partial charge in [-0.2, -0.15) is 0 Å². The number of piperidine rings is 2. The number of hydrogen-bond donors (Lipinski definition) is 2. The SMILES string of the molecule is CCN1CCC(NC(=O)[C@@H]2CCCNC2)CC1. The molecule has 1 atom stereocenters. The molecule has 2 rings (SSSR count). The molecule has 2 fully saturated rings. The van der Waals surface area contributed by atoms with Crippen molar-refractivity contribution >= 4 is 5.91 Å². The van der Waals surface area contributed by atoms with Crippen molar-refractivity contribution in [3.05, 3.63) is 0 Å². The zero-order valence-electron chi connectivity index (χ0n) is 10.9. The fourth-order valence-electron chi connectivity index (χ4n) is 2.79. The van der Waals surface area contributed by atoms with Crippen LogP contribution in [0, 0.1) is 5.92 Å². The van der Waals surface area contributed by atoms with Gasteiger partial charge in [0.15, 0.2) is 0 Å². The Morgan fingerprint density at radius 2 is 2.12 bits per heavy atom. The van der Waals surface area contributed by atoms with Gasteiger partial charge in [0.1, 0.15) is 0 Å². The Kier molecular flexibility index (Phi) is 4.80. The number of nitrogens with zero attached hydrogens (tertiary/aromatic N) is 1. The summed E-state index contributed by atoms with van der Waals surface area (Å²) in [6.07, 6.45) is 4.40. The maximum Gasteiger partial charge on any atom is 0.224 e. The number of hydrogen-bond acceptors (Lipinski definition) is 3. The summed E-state index contributed by atoms with van der Waals surface area (Å²) in [6.45, 7) is 7.52. The minimum Gasteiger partial charge on any atom is -0.353 e. The van der Waals surface area contributed by atoms with Crippen LogP contribution in [-0.2, 0) is 4.79 Å². The second kappa shape index (κ2) is 6.36. The van der Waals surface area contributed by atoms with E-state index in [1.54, 1.807) is 0 Å². The van der Waals surface area contributed by atoms with Crippen molar-refractivity contribution in [3.63, 3.8) is 0 Å². The number of rotatable bonds is 3. The molecule has 1 amide bonds. The smallest absolute Gasteiger partial charge is 0.224 e. The van der Waals surface area contributed by atoms with Gasteiger partial charge in [-0.3, -0.25) is 4.79 Å². The second-order valence-electron chi connectivity index (χ2n) is 5.26. The molecule has 2 saturated heterocycles. The van der Waals surface area contributed by atoms with Crippen LogP contribution in [0.15, 0.2) is 0 Å². The Morgan fingerprint density at radius 1 is 1.35 bits per heavy atom. The average molecular weight is 239 g/mol. The van der Waals surface area contributed by atoms with Crippen LogP contribution >= 0.6 is 0 Å². The lowest BCUT2D eigenvalue weighted by Crippen LogP contribution is -2.48. The zero-order chi connectivity index (χ0) is 12.1. The van der Waals surface area contributed by atoms with Crippen LogP contribution in [0.3, 0.4) is 0 Å². The first-order valence-corrected chi connectivity index (χ1v) is 7.03. The molecule has 0 spiro atoms. The van der Waals surface area contributed by atoms with E-state index in [1.807, 2.05) is 0 Å². The summed E-state index contributed by atoms with van der Waals surface area (Å²) in [7, 11) is 0. The topological polar surface area (TPSA) is 44.4 Å². The minimum absolute atomic E-state index is 0.202. The van der Waals surface area contributed by atoms with Gasteiger partial charge in [0, 0.05) is 25.7 Å². The lowest BCUT2D eigenvalue weighted by atomic mass is 9.97. The third-order valence-corrected chi connectivity index (χ3v) is 4.05. The Bertz CT molecular complexity index is 243. The summed E-state index contributed by atoms with van der Waals surface area (Å²) in [4.78, 5) is 14.5. The van der Waals surface area contributed by atoms with Crippen molar-refractivity contribution in [1.29, 1.82) is 0 Å². The van der Waals surface area contributed by atoms with Gasteiger partial charge in [0.05, 0.1) is 5.92 Å². The average Bonchev–Trinajstić information content (AvgIpc) is 2.40. The monoisotopic (exact) mass is 239 g/mol. The molecular formula is C13H25N3O. The first-order valence-electron chi connectivity index (χ1n) is 7.03. The number of nitrogens with one attached hydrogen (secondary N) is 2. The Hall–Kier alpha value is -0.610. The molecule has 4 nitrogen and oxygen atoms in total.